The molecule has 0 aliphatic rings. The lowest BCUT2D eigenvalue weighted by Crippen LogP contribution is -2.15. The van der Waals surface area contributed by atoms with Gasteiger partial charge < -0.3 is 11.1 Å². The number of halogens is 1. The van der Waals surface area contributed by atoms with Crippen molar-refractivity contribution in [3.63, 3.8) is 0 Å². The number of nitrogens with two attached hydrogens (primary N) is 1. The van der Waals surface area contributed by atoms with Crippen LogP contribution in [0.15, 0.2) is 18.2 Å². The first-order valence-corrected chi connectivity index (χ1v) is 5.55. The van der Waals surface area contributed by atoms with Crippen LogP contribution in [-0.4, -0.2) is 17.4 Å². The SMILES string of the molecule is NC(=O)CCNc1nc2ccc(F)cc2s1. The van der Waals surface area contributed by atoms with Gasteiger partial charge in [-0.2, -0.15) is 0 Å². The van der Waals surface area contributed by atoms with Crippen LogP contribution < -0.4 is 11.1 Å². The third-order valence-corrected chi connectivity index (χ3v) is 2.97. The molecule has 1 heterocycles. The number of amides is 1. The fourth-order valence-corrected chi connectivity index (χ4v) is 2.18. The van der Waals surface area contributed by atoms with Gasteiger partial charge in [-0.3, -0.25) is 4.79 Å². The maximum atomic E-state index is 12.9. The third-order valence-electron chi connectivity index (χ3n) is 2.00. The molecule has 0 saturated carbocycles. The number of carbonyl (C=O) groups is 1. The van der Waals surface area contributed by atoms with Crippen LogP contribution in [0.2, 0.25) is 0 Å². The third kappa shape index (κ3) is 2.46. The Kier molecular flexibility index (Phi) is 3.00. The van der Waals surface area contributed by atoms with Gasteiger partial charge in [-0.25, -0.2) is 9.37 Å². The van der Waals surface area contributed by atoms with Crippen LogP contribution in [0.4, 0.5) is 9.52 Å². The van der Waals surface area contributed by atoms with Crippen molar-refractivity contribution in [1.29, 1.82) is 0 Å². The van der Waals surface area contributed by atoms with Crippen LogP contribution >= 0.6 is 11.3 Å². The first-order chi connectivity index (χ1) is 7.65. The summed E-state index contributed by atoms with van der Waals surface area (Å²) < 4.78 is 13.7. The molecule has 2 aromatic rings. The van der Waals surface area contributed by atoms with Crippen molar-refractivity contribution in [2.75, 3.05) is 11.9 Å². The van der Waals surface area contributed by atoms with E-state index in [-0.39, 0.29) is 18.1 Å². The number of carbonyl (C=O) groups excluding carboxylic acids is 1. The Balaban J connectivity index is 2.10. The van der Waals surface area contributed by atoms with Gasteiger partial charge in [0.2, 0.25) is 5.91 Å². The number of benzene rings is 1. The van der Waals surface area contributed by atoms with E-state index in [1.807, 2.05) is 0 Å². The predicted molar refractivity (Wildman–Crippen MR) is 61.9 cm³/mol. The maximum Gasteiger partial charge on any atom is 0.219 e. The molecule has 0 bridgehead atoms. The van der Waals surface area contributed by atoms with E-state index in [0.717, 1.165) is 10.2 Å². The summed E-state index contributed by atoms with van der Waals surface area (Å²) in [7, 11) is 0. The number of anilines is 1. The number of aromatic nitrogens is 1. The first-order valence-electron chi connectivity index (χ1n) is 4.73. The minimum absolute atomic E-state index is 0.254. The van der Waals surface area contributed by atoms with Crippen molar-refractivity contribution >= 4 is 32.6 Å². The van der Waals surface area contributed by atoms with Gasteiger partial charge in [0.25, 0.3) is 0 Å². The number of rotatable bonds is 4. The molecule has 0 atom stereocenters. The van der Waals surface area contributed by atoms with E-state index in [2.05, 4.69) is 10.3 Å². The average Bonchev–Trinajstić information content (AvgIpc) is 2.58. The summed E-state index contributed by atoms with van der Waals surface area (Å²) in [4.78, 5) is 14.8. The summed E-state index contributed by atoms with van der Waals surface area (Å²) in [6, 6.07) is 4.43. The lowest BCUT2D eigenvalue weighted by molar-refractivity contribution is -0.117. The van der Waals surface area contributed by atoms with Crippen LogP contribution in [0.25, 0.3) is 10.2 Å². The Morgan fingerprint density at radius 3 is 3.12 bits per heavy atom. The van der Waals surface area contributed by atoms with Crippen molar-refractivity contribution < 1.29 is 9.18 Å². The number of nitrogens with one attached hydrogen (secondary N) is 1. The van der Waals surface area contributed by atoms with E-state index in [1.165, 1.54) is 23.5 Å². The minimum atomic E-state index is -0.361. The average molecular weight is 239 g/mol. The van der Waals surface area contributed by atoms with Gasteiger partial charge in [0.15, 0.2) is 5.13 Å². The van der Waals surface area contributed by atoms with Crippen LogP contribution in [0.5, 0.6) is 0 Å². The fourth-order valence-electron chi connectivity index (χ4n) is 1.27. The molecule has 0 fully saturated rings. The molecular weight excluding hydrogens is 229 g/mol. The van der Waals surface area contributed by atoms with Crippen molar-refractivity contribution in [2.24, 2.45) is 5.73 Å². The molecule has 0 aliphatic heterocycles. The second-order valence-electron chi connectivity index (χ2n) is 3.27. The van der Waals surface area contributed by atoms with E-state index in [9.17, 15) is 9.18 Å². The molecule has 1 aromatic carbocycles. The largest absolute Gasteiger partial charge is 0.370 e. The summed E-state index contributed by atoms with van der Waals surface area (Å²) >= 11 is 1.35. The van der Waals surface area contributed by atoms with Crippen LogP contribution in [-0.2, 0) is 4.79 Å². The number of hydrogen-bond donors (Lipinski definition) is 2. The highest BCUT2D eigenvalue weighted by Gasteiger charge is 2.04. The van der Waals surface area contributed by atoms with Gasteiger partial charge in [0, 0.05) is 13.0 Å². The summed E-state index contributed by atoms with van der Waals surface area (Å²) in [5.41, 5.74) is 5.75. The normalized spacial score (nSPS) is 10.6. The molecular formula is C10H10FN3OS. The molecule has 16 heavy (non-hydrogen) atoms. The quantitative estimate of drug-likeness (QED) is 0.853. The molecule has 0 spiro atoms. The molecule has 0 saturated heterocycles. The van der Waals surface area contributed by atoms with Gasteiger partial charge in [-0.05, 0) is 18.2 Å². The van der Waals surface area contributed by atoms with E-state index < -0.39 is 0 Å². The fraction of sp³-hybridized carbons (Fsp3) is 0.200. The van der Waals surface area contributed by atoms with E-state index in [0.29, 0.717) is 11.7 Å². The van der Waals surface area contributed by atoms with Crippen molar-refractivity contribution in [1.82, 2.24) is 4.98 Å². The monoisotopic (exact) mass is 239 g/mol. The molecule has 84 valence electrons. The highest BCUT2D eigenvalue weighted by atomic mass is 32.1. The van der Waals surface area contributed by atoms with E-state index in [4.69, 9.17) is 5.73 Å². The molecule has 1 aromatic heterocycles. The number of thiazole rings is 1. The lowest BCUT2D eigenvalue weighted by atomic mass is 10.3. The van der Waals surface area contributed by atoms with E-state index in [1.54, 1.807) is 6.07 Å². The molecule has 0 aliphatic carbocycles. The van der Waals surface area contributed by atoms with Crippen LogP contribution in [0.1, 0.15) is 6.42 Å². The number of hydrogen-bond acceptors (Lipinski definition) is 4. The van der Waals surface area contributed by atoms with E-state index >= 15 is 0 Å². The Morgan fingerprint density at radius 2 is 2.38 bits per heavy atom. The smallest absolute Gasteiger partial charge is 0.219 e. The predicted octanol–water partition coefficient (Wildman–Crippen LogP) is 1.72. The summed E-state index contributed by atoms with van der Waals surface area (Å²) in [6.45, 7) is 0.442. The highest BCUT2D eigenvalue weighted by molar-refractivity contribution is 7.22. The van der Waals surface area contributed by atoms with Crippen molar-refractivity contribution in [3.8, 4) is 0 Å². The molecule has 2 rings (SSSR count). The minimum Gasteiger partial charge on any atom is -0.370 e. The second-order valence-corrected chi connectivity index (χ2v) is 4.30. The number of nitrogens with zero attached hydrogens (tertiary/aromatic N) is 1. The number of primary amides is 1. The highest BCUT2D eigenvalue weighted by Crippen LogP contribution is 2.26. The van der Waals surface area contributed by atoms with Gasteiger partial charge in [-0.15, -0.1) is 0 Å². The second kappa shape index (κ2) is 4.44. The topological polar surface area (TPSA) is 68.0 Å². The molecule has 0 radical (unpaired) electrons. The zero-order valence-electron chi connectivity index (χ0n) is 8.37. The summed E-state index contributed by atoms with van der Waals surface area (Å²) in [5, 5.41) is 3.64. The zero-order valence-corrected chi connectivity index (χ0v) is 9.18. The maximum absolute atomic E-state index is 12.9. The Bertz CT molecular complexity index is 526. The molecule has 3 N–H and O–H groups in total. The van der Waals surface area contributed by atoms with Gasteiger partial charge in [0.1, 0.15) is 5.82 Å². The molecule has 4 nitrogen and oxygen atoms in total. The lowest BCUT2D eigenvalue weighted by Gasteiger charge is -1.97. The van der Waals surface area contributed by atoms with Crippen LogP contribution in [0, 0.1) is 5.82 Å². The standard InChI is InChI=1S/C10H10FN3OS/c11-6-1-2-7-8(5-6)16-10(14-7)13-4-3-9(12)15/h1-2,5H,3-4H2,(H2,12,15)(H,13,14). The Hall–Kier alpha value is -1.69. The number of fused-ring (bicyclic) bond motifs is 1. The van der Waals surface area contributed by atoms with Crippen molar-refractivity contribution in [2.45, 2.75) is 6.42 Å². The van der Waals surface area contributed by atoms with Crippen LogP contribution in [0.3, 0.4) is 0 Å². The molecule has 1 amide bonds. The van der Waals surface area contributed by atoms with Gasteiger partial charge in [0.05, 0.1) is 10.2 Å². The first kappa shape index (κ1) is 10.8. The zero-order chi connectivity index (χ0) is 11.5. The summed E-state index contributed by atoms with van der Waals surface area (Å²) in [6.07, 6.45) is 0.254. The van der Waals surface area contributed by atoms with Gasteiger partial charge >= 0.3 is 0 Å². The van der Waals surface area contributed by atoms with Crippen molar-refractivity contribution in [3.05, 3.63) is 24.0 Å². The molecule has 6 heteroatoms. The Morgan fingerprint density at radius 1 is 1.56 bits per heavy atom. The Labute approximate surface area is 95.3 Å². The summed E-state index contributed by atoms with van der Waals surface area (Å²) in [5.74, 6) is -0.639. The van der Waals surface area contributed by atoms with Gasteiger partial charge in [-0.1, -0.05) is 11.3 Å². The molecule has 0 unspecified atom stereocenters.